The zero-order valence-corrected chi connectivity index (χ0v) is 15.5. The van der Waals surface area contributed by atoms with Crippen LogP contribution in [-0.4, -0.2) is 28.7 Å². The molecule has 0 radical (unpaired) electrons. The average molecular weight is 390 g/mol. The lowest BCUT2D eigenvalue weighted by Crippen LogP contribution is -2.28. The Morgan fingerprint density at radius 2 is 1.67 bits per heavy atom. The van der Waals surface area contributed by atoms with Gasteiger partial charge in [-0.3, -0.25) is 0 Å². The minimum Gasteiger partial charge on any atom is -0.495 e. The Hall–Kier alpha value is -1.47. The monoisotopic (exact) mass is 389 g/mol. The molecule has 0 spiro atoms. The fourth-order valence-electron chi connectivity index (χ4n) is 2.05. The Kier molecular flexibility index (Phi) is 6.34. The predicted molar refractivity (Wildman–Crippen MR) is 94.9 cm³/mol. The quantitative estimate of drug-likeness (QED) is 0.733. The normalized spacial score (nSPS) is 11.3. The molecule has 130 valence electrons. The number of hydrogen-bond donors (Lipinski definition) is 1. The van der Waals surface area contributed by atoms with E-state index in [0.717, 1.165) is 5.56 Å². The van der Waals surface area contributed by atoms with Crippen molar-refractivity contribution in [2.24, 2.45) is 0 Å². The molecule has 0 heterocycles. The van der Waals surface area contributed by atoms with Crippen molar-refractivity contribution >= 4 is 33.2 Å². The maximum Gasteiger partial charge on any atom is 0.244 e. The van der Waals surface area contributed by atoms with Crippen LogP contribution in [0, 0.1) is 6.92 Å². The zero-order chi connectivity index (χ0) is 17.7. The van der Waals surface area contributed by atoms with Crippen LogP contribution in [0.5, 0.6) is 11.5 Å². The molecule has 5 nitrogen and oxygen atoms in total. The van der Waals surface area contributed by atoms with Crippen LogP contribution < -0.4 is 14.2 Å². The fraction of sp³-hybridized carbons (Fsp3) is 0.250. The van der Waals surface area contributed by atoms with E-state index >= 15 is 0 Å². The van der Waals surface area contributed by atoms with Gasteiger partial charge in [-0.05, 0) is 48.9 Å². The molecule has 2 rings (SSSR count). The summed E-state index contributed by atoms with van der Waals surface area (Å²) in [4.78, 5) is -0.0137. The zero-order valence-electron chi connectivity index (χ0n) is 13.2. The molecule has 0 atom stereocenters. The van der Waals surface area contributed by atoms with Crippen LogP contribution in [0.2, 0.25) is 10.0 Å². The molecule has 0 fully saturated rings. The number of aryl methyl sites for hydroxylation is 1. The van der Waals surface area contributed by atoms with Crippen molar-refractivity contribution in [3.63, 3.8) is 0 Å². The largest absolute Gasteiger partial charge is 0.495 e. The van der Waals surface area contributed by atoms with E-state index in [0.29, 0.717) is 15.8 Å². The van der Waals surface area contributed by atoms with Gasteiger partial charge in [-0.15, -0.1) is 0 Å². The molecule has 0 aliphatic carbocycles. The predicted octanol–water partition coefficient (Wildman–Crippen LogP) is 3.67. The number of rotatable bonds is 7. The first-order valence-corrected chi connectivity index (χ1v) is 9.29. The van der Waals surface area contributed by atoms with Gasteiger partial charge in [0.25, 0.3) is 0 Å². The smallest absolute Gasteiger partial charge is 0.244 e. The van der Waals surface area contributed by atoms with Gasteiger partial charge < -0.3 is 9.47 Å². The van der Waals surface area contributed by atoms with E-state index in [1.165, 1.54) is 19.2 Å². The highest BCUT2D eigenvalue weighted by Gasteiger charge is 2.19. The lowest BCUT2D eigenvalue weighted by Gasteiger charge is -2.12. The van der Waals surface area contributed by atoms with E-state index in [9.17, 15) is 8.42 Å². The molecule has 0 aliphatic heterocycles. The summed E-state index contributed by atoms with van der Waals surface area (Å²) in [7, 11) is -2.36. The number of ether oxygens (including phenoxy) is 2. The first-order valence-electron chi connectivity index (χ1n) is 7.05. The molecule has 0 unspecified atom stereocenters. The molecule has 24 heavy (non-hydrogen) atoms. The minimum absolute atomic E-state index is 0.0137. The van der Waals surface area contributed by atoms with Crippen LogP contribution >= 0.6 is 23.2 Å². The van der Waals surface area contributed by atoms with E-state index in [-0.39, 0.29) is 23.8 Å². The van der Waals surface area contributed by atoms with Gasteiger partial charge in [-0.1, -0.05) is 23.2 Å². The van der Waals surface area contributed by atoms with Crippen molar-refractivity contribution in [1.29, 1.82) is 0 Å². The van der Waals surface area contributed by atoms with Crippen molar-refractivity contribution in [2.45, 2.75) is 11.8 Å². The minimum atomic E-state index is -3.76. The lowest BCUT2D eigenvalue weighted by atomic mass is 10.2. The topological polar surface area (TPSA) is 64.6 Å². The molecule has 0 amide bonds. The number of methoxy groups -OCH3 is 1. The molecule has 0 bridgehead atoms. The van der Waals surface area contributed by atoms with Crippen molar-refractivity contribution < 1.29 is 17.9 Å². The molecule has 1 N–H and O–H groups in total. The molecular formula is C16H17Cl2NO4S. The van der Waals surface area contributed by atoms with Gasteiger partial charge in [-0.25, -0.2) is 13.1 Å². The molecule has 0 aliphatic rings. The Labute approximate surface area is 151 Å². The number of sulfonamides is 1. The van der Waals surface area contributed by atoms with E-state index in [1.54, 1.807) is 24.3 Å². The maximum absolute atomic E-state index is 12.4. The van der Waals surface area contributed by atoms with Gasteiger partial charge in [0.2, 0.25) is 10.0 Å². The Bertz CT molecular complexity index is 825. The second-order valence-electron chi connectivity index (χ2n) is 4.95. The molecule has 0 aromatic heterocycles. The lowest BCUT2D eigenvalue weighted by molar-refractivity contribution is 0.320. The van der Waals surface area contributed by atoms with Crippen molar-refractivity contribution in [3.05, 3.63) is 52.0 Å². The van der Waals surface area contributed by atoms with Gasteiger partial charge in [0, 0.05) is 16.6 Å². The maximum atomic E-state index is 12.4. The summed E-state index contributed by atoms with van der Waals surface area (Å²) >= 11 is 11.7. The summed E-state index contributed by atoms with van der Waals surface area (Å²) in [5.74, 6) is 0.875. The average Bonchev–Trinajstić information content (AvgIpc) is 2.53. The summed E-state index contributed by atoms with van der Waals surface area (Å²) in [6, 6.07) is 9.64. The summed E-state index contributed by atoms with van der Waals surface area (Å²) in [5.41, 5.74) is 0.877. The van der Waals surface area contributed by atoms with E-state index in [2.05, 4.69) is 4.72 Å². The molecule has 2 aromatic carbocycles. The second kappa shape index (κ2) is 8.07. The van der Waals surface area contributed by atoms with Gasteiger partial charge in [0.05, 0.1) is 7.11 Å². The summed E-state index contributed by atoms with van der Waals surface area (Å²) < 4.78 is 37.8. The molecular weight excluding hydrogens is 373 g/mol. The van der Waals surface area contributed by atoms with Gasteiger partial charge in [0.1, 0.15) is 23.0 Å². The van der Waals surface area contributed by atoms with Crippen LogP contribution in [-0.2, 0) is 10.0 Å². The van der Waals surface area contributed by atoms with Crippen molar-refractivity contribution in [1.82, 2.24) is 4.72 Å². The van der Waals surface area contributed by atoms with E-state index in [4.69, 9.17) is 32.7 Å². The first kappa shape index (κ1) is 18.9. The number of halogens is 2. The Balaban J connectivity index is 1.99. The third kappa shape index (κ3) is 4.77. The van der Waals surface area contributed by atoms with Crippen LogP contribution in [0.3, 0.4) is 0 Å². The van der Waals surface area contributed by atoms with Crippen LogP contribution in [0.1, 0.15) is 5.56 Å². The Morgan fingerprint density at radius 1 is 1.04 bits per heavy atom. The third-order valence-electron chi connectivity index (χ3n) is 3.20. The highest BCUT2D eigenvalue weighted by molar-refractivity contribution is 7.89. The van der Waals surface area contributed by atoms with Crippen molar-refractivity contribution in [3.8, 4) is 11.5 Å². The van der Waals surface area contributed by atoms with Crippen LogP contribution in [0.25, 0.3) is 0 Å². The highest BCUT2D eigenvalue weighted by Crippen LogP contribution is 2.26. The second-order valence-corrected chi connectivity index (χ2v) is 7.56. The number of nitrogens with one attached hydrogen (secondary N) is 1. The summed E-state index contributed by atoms with van der Waals surface area (Å²) in [6.07, 6.45) is 0. The van der Waals surface area contributed by atoms with E-state index in [1.807, 2.05) is 6.92 Å². The summed E-state index contributed by atoms with van der Waals surface area (Å²) in [5, 5.41) is 0.929. The van der Waals surface area contributed by atoms with Gasteiger partial charge in [-0.2, -0.15) is 0 Å². The summed E-state index contributed by atoms with van der Waals surface area (Å²) in [6.45, 7) is 2.13. The van der Waals surface area contributed by atoms with Gasteiger partial charge in [0.15, 0.2) is 0 Å². The van der Waals surface area contributed by atoms with Crippen LogP contribution in [0.4, 0.5) is 0 Å². The standard InChI is InChI=1S/C16H17Cl2NO4S/c1-11-9-12(17)3-5-14(11)23-8-7-19-24(20,21)16-10-13(18)4-6-15(16)22-2/h3-6,9-10,19H,7-8H2,1-2H3. The molecule has 2 aromatic rings. The van der Waals surface area contributed by atoms with Gasteiger partial charge >= 0.3 is 0 Å². The van der Waals surface area contributed by atoms with Crippen molar-refractivity contribution in [2.75, 3.05) is 20.3 Å². The van der Waals surface area contributed by atoms with E-state index < -0.39 is 10.0 Å². The fourth-order valence-corrected chi connectivity index (χ4v) is 3.72. The number of benzene rings is 2. The SMILES string of the molecule is COc1ccc(Cl)cc1S(=O)(=O)NCCOc1ccc(Cl)cc1C. The molecule has 8 heteroatoms. The number of hydrogen-bond acceptors (Lipinski definition) is 4. The Morgan fingerprint density at radius 3 is 2.29 bits per heavy atom. The molecule has 0 saturated carbocycles. The van der Waals surface area contributed by atoms with Crippen LogP contribution in [0.15, 0.2) is 41.3 Å². The first-order chi connectivity index (χ1) is 11.3. The molecule has 0 saturated heterocycles. The highest BCUT2D eigenvalue weighted by atomic mass is 35.5. The third-order valence-corrected chi connectivity index (χ3v) is 5.16.